The number of nitrogens with one attached hydrogen (secondary N) is 1. The Kier molecular flexibility index (Phi) is 2.38. The lowest BCUT2D eigenvalue weighted by Crippen LogP contribution is -2.34. The molecule has 0 spiro atoms. The van der Waals surface area contributed by atoms with E-state index in [1.807, 2.05) is 25.1 Å². The molecule has 1 saturated heterocycles. The number of hydrogen-bond acceptors (Lipinski definition) is 4. The zero-order valence-corrected chi connectivity index (χ0v) is 9.19. The van der Waals surface area contributed by atoms with Gasteiger partial charge in [0.05, 0.1) is 13.2 Å². The monoisotopic (exact) mass is 218 g/mol. The molecule has 1 aliphatic rings. The van der Waals surface area contributed by atoms with E-state index in [0.717, 1.165) is 35.7 Å². The second-order valence-electron chi connectivity index (χ2n) is 4.06. The first kappa shape index (κ1) is 9.81. The number of fused-ring (bicyclic) bond motifs is 1. The van der Waals surface area contributed by atoms with Gasteiger partial charge in [-0.3, -0.25) is 0 Å². The van der Waals surface area contributed by atoms with Crippen molar-refractivity contribution in [2.45, 2.75) is 13.0 Å². The molecule has 1 N–H and O–H groups in total. The molecule has 2 aromatic rings. The first-order valence-corrected chi connectivity index (χ1v) is 5.52. The maximum Gasteiger partial charge on any atom is 0.215 e. The molecule has 84 valence electrons. The topological polar surface area (TPSA) is 47.3 Å². The molecule has 0 aliphatic carbocycles. The predicted molar refractivity (Wildman–Crippen MR) is 60.3 cm³/mol. The summed E-state index contributed by atoms with van der Waals surface area (Å²) in [4.78, 5) is 4.49. The molecular weight excluding hydrogens is 204 g/mol. The summed E-state index contributed by atoms with van der Waals surface area (Å²) in [5.41, 5.74) is 2.92. The third kappa shape index (κ3) is 1.60. The largest absolute Gasteiger partial charge is 0.439 e. The minimum absolute atomic E-state index is 0.0838. The maximum absolute atomic E-state index is 5.78. The van der Waals surface area contributed by atoms with E-state index in [-0.39, 0.29) is 6.04 Å². The van der Waals surface area contributed by atoms with Gasteiger partial charge in [-0.25, -0.2) is 4.98 Å². The lowest BCUT2D eigenvalue weighted by molar-refractivity contribution is 0.0687. The normalized spacial score (nSPS) is 21.4. The van der Waals surface area contributed by atoms with Crippen LogP contribution in [-0.2, 0) is 4.74 Å². The zero-order chi connectivity index (χ0) is 11.0. The van der Waals surface area contributed by atoms with Crippen molar-refractivity contribution in [2.75, 3.05) is 19.8 Å². The van der Waals surface area contributed by atoms with Crippen LogP contribution in [0.2, 0.25) is 0 Å². The van der Waals surface area contributed by atoms with Crippen LogP contribution in [0.4, 0.5) is 0 Å². The van der Waals surface area contributed by atoms with Crippen LogP contribution in [0.25, 0.3) is 11.1 Å². The molecule has 2 heterocycles. The second kappa shape index (κ2) is 3.88. The summed E-state index contributed by atoms with van der Waals surface area (Å²) in [5, 5.41) is 3.33. The maximum atomic E-state index is 5.78. The van der Waals surface area contributed by atoms with Crippen LogP contribution in [0, 0.1) is 6.92 Å². The highest BCUT2D eigenvalue weighted by Crippen LogP contribution is 2.23. The summed E-state index contributed by atoms with van der Waals surface area (Å²) in [6, 6.07) is 6.08. The molecule has 1 fully saturated rings. The number of aromatic nitrogens is 1. The molecule has 1 unspecified atom stereocenters. The fourth-order valence-electron chi connectivity index (χ4n) is 1.98. The fourth-order valence-corrected chi connectivity index (χ4v) is 1.98. The van der Waals surface area contributed by atoms with E-state index in [0.29, 0.717) is 6.61 Å². The van der Waals surface area contributed by atoms with Gasteiger partial charge in [-0.1, -0.05) is 12.1 Å². The van der Waals surface area contributed by atoms with E-state index in [9.17, 15) is 0 Å². The summed E-state index contributed by atoms with van der Waals surface area (Å²) < 4.78 is 11.2. The van der Waals surface area contributed by atoms with Crippen molar-refractivity contribution in [3.63, 3.8) is 0 Å². The van der Waals surface area contributed by atoms with Crippen molar-refractivity contribution < 1.29 is 9.15 Å². The highest BCUT2D eigenvalue weighted by Gasteiger charge is 2.21. The summed E-state index contributed by atoms with van der Waals surface area (Å²) in [7, 11) is 0. The van der Waals surface area contributed by atoms with E-state index in [1.54, 1.807) is 0 Å². The number of para-hydroxylation sites is 1. The van der Waals surface area contributed by atoms with Crippen molar-refractivity contribution >= 4 is 11.1 Å². The van der Waals surface area contributed by atoms with Gasteiger partial charge in [0.1, 0.15) is 11.6 Å². The Bertz CT molecular complexity index is 501. The molecule has 4 nitrogen and oxygen atoms in total. The summed E-state index contributed by atoms with van der Waals surface area (Å²) in [5.74, 6) is 0.726. The van der Waals surface area contributed by atoms with Crippen molar-refractivity contribution in [2.24, 2.45) is 0 Å². The lowest BCUT2D eigenvalue weighted by atomic mass is 10.2. The van der Waals surface area contributed by atoms with Gasteiger partial charge in [0.2, 0.25) is 5.89 Å². The van der Waals surface area contributed by atoms with Crippen LogP contribution in [-0.4, -0.2) is 24.7 Å². The average Bonchev–Trinajstić information content (AvgIpc) is 2.76. The predicted octanol–water partition coefficient (Wildman–Crippen LogP) is 1.80. The van der Waals surface area contributed by atoms with Crippen molar-refractivity contribution in [3.05, 3.63) is 29.7 Å². The number of morpholine rings is 1. The average molecular weight is 218 g/mol. The number of hydrogen-bond donors (Lipinski definition) is 1. The lowest BCUT2D eigenvalue weighted by Gasteiger charge is -2.20. The van der Waals surface area contributed by atoms with Gasteiger partial charge < -0.3 is 14.5 Å². The minimum atomic E-state index is 0.0838. The van der Waals surface area contributed by atoms with Crippen LogP contribution >= 0.6 is 0 Å². The van der Waals surface area contributed by atoms with Crippen LogP contribution in [0.1, 0.15) is 17.5 Å². The van der Waals surface area contributed by atoms with E-state index in [1.165, 1.54) is 0 Å². The van der Waals surface area contributed by atoms with Crippen LogP contribution in [0.5, 0.6) is 0 Å². The molecule has 0 amide bonds. The zero-order valence-electron chi connectivity index (χ0n) is 9.19. The third-order valence-corrected chi connectivity index (χ3v) is 2.85. The van der Waals surface area contributed by atoms with Crippen molar-refractivity contribution in [1.82, 2.24) is 10.3 Å². The molecule has 1 atom stereocenters. The van der Waals surface area contributed by atoms with Gasteiger partial charge in [0, 0.05) is 6.54 Å². The molecule has 1 aliphatic heterocycles. The number of aryl methyl sites for hydroxylation is 1. The molecule has 0 bridgehead atoms. The van der Waals surface area contributed by atoms with Gasteiger partial charge in [-0.2, -0.15) is 0 Å². The Balaban J connectivity index is 2.01. The first-order chi connectivity index (χ1) is 7.84. The number of ether oxygens (including phenoxy) is 1. The number of oxazole rings is 1. The van der Waals surface area contributed by atoms with Crippen LogP contribution in [0.3, 0.4) is 0 Å². The van der Waals surface area contributed by atoms with Crippen molar-refractivity contribution in [1.29, 1.82) is 0 Å². The van der Waals surface area contributed by atoms with Crippen LogP contribution < -0.4 is 5.32 Å². The third-order valence-electron chi connectivity index (χ3n) is 2.85. The van der Waals surface area contributed by atoms with Gasteiger partial charge in [0.15, 0.2) is 5.58 Å². The van der Waals surface area contributed by atoms with Gasteiger partial charge >= 0.3 is 0 Å². The van der Waals surface area contributed by atoms with Crippen LogP contribution in [0.15, 0.2) is 22.6 Å². The molecule has 0 saturated carbocycles. The fraction of sp³-hybridized carbons (Fsp3) is 0.417. The number of nitrogens with zero attached hydrogens (tertiary/aromatic N) is 1. The second-order valence-corrected chi connectivity index (χ2v) is 4.06. The Morgan fingerprint density at radius 1 is 1.44 bits per heavy atom. The minimum Gasteiger partial charge on any atom is -0.439 e. The Morgan fingerprint density at radius 2 is 2.38 bits per heavy atom. The van der Waals surface area contributed by atoms with Gasteiger partial charge in [0.25, 0.3) is 0 Å². The molecule has 3 rings (SSSR count). The van der Waals surface area contributed by atoms with Crippen molar-refractivity contribution in [3.8, 4) is 0 Å². The standard InChI is InChI=1S/C12H14N2O2/c1-8-3-2-4-9-11(8)16-12(14-9)10-7-15-6-5-13-10/h2-4,10,13H,5-7H2,1H3. The Labute approximate surface area is 93.6 Å². The molecule has 16 heavy (non-hydrogen) atoms. The smallest absolute Gasteiger partial charge is 0.215 e. The molecule has 1 aromatic carbocycles. The van der Waals surface area contributed by atoms with E-state index in [2.05, 4.69) is 10.3 Å². The summed E-state index contributed by atoms with van der Waals surface area (Å²) in [6.07, 6.45) is 0. The Morgan fingerprint density at radius 3 is 3.12 bits per heavy atom. The number of benzene rings is 1. The summed E-state index contributed by atoms with van der Waals surface area (Å²) in [6.45, 7) is 4.27. The van der Waals surface area contributed by atoms with Gasteiger partial charge in [-0.05, 0) is 18.6 Å². The highest BCUT2D eigenvalue weighted by atomic mass is 16.5. The van der Waals surface area contributed by atoms with E-state index >= 15 is 0 Å². The first-order valence-electron chi connectivity index (χ1n) is 5.52. The molecule has 0 radical (unpaired) electrons. The van der Waals surface area contributed by atoms with E-state index in [4.69, 9.17) is 9.15 Å². The molecular formula is C12H14N2O2. The quantitative estimate of drug-likeness (QED) is 0.792. The van der Waals surface area contributed by atoms with E-state index < -0.39 is 0 Å². The SMILES string of the molecule is Cc1cccc2nc(C3COCCN3)oc12. The highest BCUT2D eigenvalue weighted by molar-refractivity contribution is 5.76. The Hall–Kier alpha value is -1.39. The van der Waals surface area contributed by atoms with Gasteiger partial charge in [-0.15, -0.1) is 0 Å². The molecule has 1 aromatic heterocycles. The molecule has 4 heteroatoms. The summed E-state index contributed by atoms with van der Waals surface area (Å²) >= 11 is 0. The number of rotatable bonds is 1.